The van der Waals surface area contributed by atoms with Gasteiger partial charge < -0.3 is 15.3 Å². The molecular weight excluding hydrogens is 440 g/mol. The van der Waals surface area contributed by atoms with Crippen molar-refractivity contribution in [1.29, 1.82) is 0 Å². The van der Waals surface area contributed by atoms with Crippen LogP contribution in [-0.2, 0) is 4.79 Å². The van der Waals surface area contributed by atoms with Gasteiger partial charge in [0.1, 0.15) is 10.8 Å². The summed E-state index contributed by atoms with van der Waals surface area (Å²) in [5, 5.41) is 16.2. The number of amidine groups is 1. The van der Waals surface area contributed by atoms with Crippen LogP contribution in [0.5, 0.6) is 0 Å². The van der Waals surface area contributed by atoms with Crippen molar-refractivity contribution < 1.29 is 9.90 Å². The zero-order valence-electron chi connectivity index (χ0n) is 15.3. The molecule has 0 bridgehead atoms. The molecule has 0 spiro atoms. The minimum absolute atomic E-state index is 0.492. The number of anilines is 2. The maximum atomic E-state index is 11.5. The molecule has 6 nitrogen and oxygen atoms in total. The van der Waals surface area contributed by atoms with Crippen molar-refractivity contribution in [3.05, 3.63) is 39.7 Å². The number of piperazine rings is 1. The van der Waals surface area contributed by atoms with E-state index in [-0.39, 0.29) is 0 Å². The summed E-state index contributed by atoms with van der Waals surface area (Å²) in [6, 6.07) is 8.11. The first-order valence-electron chi connectivity index (χ1n) is 9.49. The molecule has 2 aromatic rings. The summed E-state index contributed by atoms with van der Waals surface area (Å²) in [7, 11) is 0. The Morgan fingerprint density at radius 2 is 2.00 bits per heavy atom. The first-order valence-corrected chi connectivity index (χ1v) is 11.2. The summed E-state index contributed by atoms with van der Waals surface area (Å²) in [6.45, 7) is 4.08. The third-order valence-electron chi connectivity index (χ3n) is 5.85. The SMILES string of the molecule is O=C(O)C1(CN2CCN(C3=Nc4ccccc4Nc4scc(Br)c43)CC2)CC1. The third-order valence-corrected chi connectivity index (χ3v) is 7.68. The molecular formula is C20H21BrN4O2S. The van der Waals surface area contributed by atoms with E-state index in [9.17, 15) is 9.90 Å². The Bertz CT molecular complexity index is 961. The average molecular weight is 461 g/mol. The Labute approximate surface area is 176 Å². The Morgan fingerprint density at radius 3 is 2.71 bits per heavy atom. The molecule has 1 saturated heterocycles. The van der Waals surface area contributed by atoms with E-state index < -0.39 is 11.4 Å². The number of carboxylic acids is 1. The van der Waals surface area contributed by atoms with Crippen LogP contribution in [-0.4, -0.2) is 59.4 Å². The van der Waals surface area contributed by atoms with E-state index in [0.717, 1.165) is 71.3 Å². The van der Waals surface area contributed by atoms with Crippen molar-refractivity contribution in [2.75, 3.05) is 38.0 Å². The van der Waals surface area contributed by atoms with Crippen LogP contribution in [0.4, 0.5) is 16.4 Å². The molecule has 1 aromatic carbocycles. The van der Waals surface area contributed by atoms with Gasteiger partial charge in [-0.2, -0.15) is 0 Å². The Hall–Kier alpha value is -1.90. The molecule has 1 aliphatic carbocycles. The van der Waals surface area contributed by atoms with Gasteiger partial charge in [0, 0.05) is 42.6 Å². The van der Waals surface area contributed by atoms with Crippen LogP contribution in [0.3, 0.4) is 0 Å². The highest BCUT2D eigenvalue weighted by molar-refractivity contribution is 9.10. The highest BCUT2D eigenvalue weighted by atomic mass is 79.9. The van der Waals surface area contributed by atoms with Crippen LogP contribution >= 0.6 is 27.3 Å². The van der Waals surface area contributed by atoms with Crippen molar-refractivity contribution in [2.24, 2.45) is 10.4 Å². The second-order valence-corrected chi connectivity index (χ2v) is 9.45. The van der Waals surface area contributed by atoms with Gasteiger partial charge in [0.25, 0.3) is 0 Å². The number of benzene rings is 1. The zero-order chi connectivity index (χ0) is 19.3. The summed E-state index contributed by atoms with van der Waals surface area (Å²) in [5.74, 6) is 0.345. The highest BCUT2D eigenvalue weighted by Crippen LogP contribution is 2.47. The van der Waals surface area contributed by atoms with Gasteiger partial charge in [-0.05, 0) is 40.9 Å². The predicted octanol–water partition coefficient (Wildman–Crippen LogP) is 4.13. The second kappa shape index (κ2) is 6.86. The lowest BCUT2D eigenvalue weighted by atomic mass is 10.1. The average Bonchev–Trinajstić information content (AvgIpc) is 3.42. The number of carbonyl (C=O) groups is 1. The number of fused-ring (bicyclic) bond motifs is 2. The monoisotopic (exact) mass is 460 g/mol. The minimum Gasteiger partial charge on any atom is -0.481 e. The molecule has 3 heterocycles. The van der Waals surface area contributed by atoms with Gasteiger partial charge in [-0.25, -0.2) is 4.99 Å². The number of hydrogen-bond donors (Lipinski definition) is 2. The van der Waals surface area contributed by atoms with Crippen LogP contribution in [0.25, 0.3) is 0 Å². The summed E-state index contributed by atoms with van der Waals surface area (Å²) in [4.78, 5) is 21.2. The molecule has 146 valence electrons. The molecule has 28 heavy (non-hydrogen) atoms. The van der Waals surface area contributed by atoms with E-state index in [1.165, 1.54) is 0 Å². The van der Waals surface area contributed by atoms with E-state index in [1.54, 1.807) is 11.3 Å². The Balaban J connectivity index is 1.39. The van der Waals surface area contributed by atoms with E-state index in [0.29, 0.717) is 6.54 Å². The van der Waals surface area contributed by atoms with Crippen molar-refractivity contribution >= 4 is 55.4 Å². The predicted molar refractivity (Wildman–Crippen MR) is 115 cm³/mol. The van der Waals surface area contributed by atoms with Gasteiger partial charge in [-0.1, -0.05) is 12.1 Å². The van der Waals surface area contributed by atoms with Gasteiger partial charge in [0.05, 0.1) is 22.4 Å². The maximum absolute atomic E-state index is 11.5. The molecule has 0 unspecified atom stereocenters. The number of nitrogens with one attached hydrogen (secondary N) is 1. The topological polar surface area (TPSA) is 68.2 Å². The molecule has 2 N–H and O–H groups in total. The number of nitrogens with zero attached hydrogens (tertiary/aromatic N) is 3. The normalized spacial score (nSPS) is 20.5. The lowest BCUT2D eigenvalue weighted by Gasteiger charge is -2.37. The van der Waals surface area contributed by atoms with Gasteiger partial charge >= 0.3 is 5.97 Å². The molecule has 5 rings (SSSR count). The molecule has 3 aliphatic rings. The first-order chi connectivity index (χ1) is 13.6. The van der Waals surface area contributed by atoms with E-state index >= 15 is 0 Å². The van der Waals surface area contributed by atoms with Crippen molar-refractivity contribution in [3.8, 4) is 0 Å². The molecule has 2 aliphatic heterocycles. The van der Waals surface area contributed by atoms with Gasteiger partial charge in [0.15, 0.2) is 0 Å². The van der Waals surface area contributed by atoms with E-state index in [4.69, 9.17) is 4.99 Å². The lowest BCUT2D eigenvalue weighted by molar-refractivity contribution is -0.144. The van der Waals surface area contributed by atoms with Crippen LogP contribution < -0.4 is 5.32 Å². The molecule has 2 fully saturated rings. The summed E-state index contributed by atoms with van der Waals surface area (Å²) >= 11 is 5.38. The number of halogens is 1. The minimum atomic E-state index is -0.641. The van der Waals surface area contributed by atoms with Gasteiger partial charge in [-0.3, -0.25) is 9.69 Å². The fraction of sp³-hybridized carbons (Fsp3) is 0.400. The fourth-order valence-electron chi connectivity index (χ4n) is 3.97. The first kappa shape index (κ1) is 18.1. The molecule has 0 atom stereocenters. The number of carboxylic acid groups (broad SMARTS) is 1. The van der Waals surface area contributed by atoms with Gasteiger partial charge in [-0.15, -0.1) is 11.3 Å². The van der Waals surface area contributed by atoms with Crippen molar-refractivity contribution in [2.45, 2.75) is 12.8 Å². The zero-order valence-corrected chi connectivity index (χ0v) is 17.7. The van der Waals surface area contributed by atoms with Crippen LogP contribution in [0.2, 0.25) is 0 Å². The van der Waals surface area contributed by atoms with Crippen molar-refractivity contribution in [3.63, 3.8) is 0 Å². The quantitative estimate of drug-likeness (QED) is 0.720. The van der Waals surface area contributed by atoms with Crippen molar-refractivity contribution in [1.82, 2.24) is 9.80 Å². The number of rotatable bonds is 3. The third kappa shape index (κ3) is 3.13. The lowest BCUT2D eigenvalue weighted by Crippen LogP contribution is -2.50. The molecule has 8 heteroatoms. The smallest absolute Gasteiger partial charge is 0.310 e. The number of thiophene rings is 1. The van der Waals surface area contributed by atoms with Crippen LogP contribution in [0.1, 0.15) is 18.4 Å². The largest absolute Gasteiger partial charge is 0.481 e. The summed E-state index contributed by atoms with van der Waals surface area (Å²) in [5.41, 5.74) is 2.58. The maximum Gasteiger partial charge on any atom is 0.310 e. The Morgan fingerprint density at radius 1 is 1.25 bits per heavy atom. The second-order valence-electron chi connectivity index (χ2n) is 7.71. The van der Waals surface area contributed by atoms with E-state index in [2.05, 4.69) is 42.5 Å². The standard InChI is InChI=1S/C20H21BrN4O2S/c21-13-11-28-18-16(13)17(22-14-3-1-2-4-15(14)23-18)25-9-7-24(8-10-25)12-20(5-6-20)19(26)27/h1-4,11,23H,5-10,12H2,(H,26,27). The number of aliphatic carboxylic acids is 1. The molecule has 0 amide bonds. The highest BCUT2D eigenvalue weighted by Gasteiger charge is 2.51. The Kier molecular flexibility index (Phi) is 4.45. The number of aliphatic imine (C=N–C) groups is 1. The van der Waals surface area contributed by atoms with Crippen LogP contribution in [0, 0.1) is 5.41 Å². The van der Waals surface area contributed by atoms with Crippen LogP contribution in [0.15, 0.2) is 39.1 Å². The number of hydrogen-bond acceptors (Lipinski definition) is 6. The van der Waals surface area contributed by atoms with E-state index in [1.807, 2.05) is 18.2 Å². The summed E-state index contributed by atoms with van der Waals surface area (Å²) < 4.78 is 1.05. The molecule has 1 aromatic heterocycles. The van der Waals surface area contributed by atoms with Gasteiger partial charge in [0.2, 0.25) is 0 Å². The molecule has 0 radical (unpaired) electrons. The number of para-hydroxylation sites is 2. The fourth-order valence-corrected chi connectivity index (χ4v) is 5.59. The molecule has 1 saturated carbocycles. The summed E-state index contributed by atoms with van der Waals surface area (Å²) in [6.07, 6.45) is 1.62.